The minimum absolute atomic E-state index is 0.0616. The highest BCUT2D eigenvalue weighted by Crippen LogP contribution is 2.23. The number of rotatable bonds is 4. The smallest absolute Gasteiger partial charge is 0.252 e. The zero-order chi connectivity index (χ0) is 14.7. The molecule has 0 aliphatic rings. The number of carbonyl (C=O) groups is 1. The number of hydrogen-bond donors (Lipinski definition) is 2. The Balaban J connectivity index is 2.47. The Morgan fingerprint density at radius 3 is 2.85 bits per heavy atom. The van der Waals surface area contributed by atoms with E-state index in [1.807, 2.05) is 32.0 Å². The highest BCUT2D eigenvalue weighted by atomic mass is 79.9. The highest BCUT2D eigenvalue weighted by molar-refractivity contribution is 9.10. The van der Waals surface area contributed by atoms with Crippen LogP contribution in [-0.4, -0.2) is 28.6 Å². The van der Waals surface area contributed by atoms with Crippen molar-refractivity contribution in [2.75, 3.05) is 6.61 Å². The maximum Gasteiger partial charge on any atom is 0.252 e. The number of hydrogen-bond acceptors (Lipinski definition) is 3. The van der Waals surface area contributed by atoms with Crippen LogP contribution in [0.3, 0.4) is 0 Å². The van der Waals surface area contributed by atoms with Gasteiger partial charge in [0.2, 0.25) is 0 Å². The zero-order valence-electron chi connectivity index (χ0n) is 11.5. The fourth-order valence-corrected chi connectivity index (χ4v) is 2.42. The van der Waals surface area contributed by atoms with Crippen LogP contribution in [0.2, 0.25) is 0 Å². The van der Waals surface area contributed by atoms with Crippen molar-refractivity contribution >= 4 is 32.7 Å². The summed E-state index contributed by atoms with van der Waals surface area (Å²) in [6, 6.07) is 7.22. The minimum Gasteiger partial charge on any atom is -0.394 e. The molecule has 1 atom stereocenters. The van der Waals surface area contributed by atoms with Gasteiger partial charge in [0.15, 0.2) is 0 Å². The molecular weight excluding hydrogens is 320 g/mol. The molecule has 0 spiro atoms. The molecule has 20 heavy (non-hydrogen) atoms. The molecule has 2 N–H and O–H groups in total. The van der Waals surface area contributed by atoms with Gasteiger partial charge in [-0.15, -0.1) is 0 Å². The fourth-order valence-electron chi connectivity index (χ4n) is 2.06. The number of aliphatic hydroxyl groups excluding tert-OH is 1. The van der Waals surface area contributed by atoms with Crippen LogP contribution in [0, 0.1) is 6.92 Å². The van der Waals surface area contributed by atoms with Gasteiger partial charge in [-0.3, -0.25) is 9.78 Å². The van der Waals surface area contributed by atoms with Crippen LogP contribution in [-0.2, 0) is 0 Å². The predicted molar refractivity (Wildman–Crippen MR) is 82.8 cm³/mol. The second-order valence-corrected chi connectivity index (χ2v) is 5.65. The first-order valence-corrected chi connectivity index (χ1v) is 7.33. The zero-order valence-corrected chi connectivity index (χ0v) is 13.1. The molecule has 0 saturated heterocycles. The number of pyridine rings is 1. The molecule has 0 aliphatic carbocycles. The summed E-state index contributed by atoms with van der Waals surface area (Å²) in [7, 11) is 0. The third kappa shape index (κ3) is 3.16. The van der Waals surface area contributed by atoms with E-state index in [0.717, 1.165) is 21.1 Å². The molecule has 5 heteroatoms. The minimum atomic E-state index is -0.224. The van der Waals surface area contributed by atoms with Crippen molar-refractivity contribution in [1.82, 2.24) is 10.3 Å². The lowest BCUT2D eigenvalue weighted by Crippen LogP contribution is -2.37. The summed E-state index contributed by atoms with van der Waals surface area (Å²) < 4.78 is 0.902. The fraction of sp³-hybridized carbons (Fsp3) is 0.333. The number of aryl methyl sites for hydroxylation is 1. The number of nitrogens with zero attached hydrogens (tertiary/aromatic N) is 1. The Morgan fingerprint density at radius 2 is 2.20 bits per heavy atom. The molecule has 2 rings (SSSR count). The number of fused-ring (bicyclic) bond motifs is 1. The van der Waals surface area contributed by atoms with Crippen molar-refractivity contribution in [1.29, 1.82) is 0 Å². The summed E-state index contributed by atoms with van der Waals surface area (Å²) in [5, 5.41) is 12.8. The number of benzene rings is 1. The largest absolute Gasteiger partial charge is 0.394 e. The predicted octanol–water partition coefficient (Wildman–Crippen LogP) is 2.81. The average Bonchev–Trinajstić information content (AvgIpc) is 2.44. The number of carbonyl (C=O) groups excluding carboxylic acids is 1. The number of halogens is 1. The van der Waals surface area contributed by atoms with E-state index in [-0.39, 0.29) is 18.6 Å². The third-order valence-electron chi connectivity index (χ3n) is 3.19. The van der Waals surface area contributed by atoms with E-state index in [1.54, 1.807) is 6.07 Å². The first-order valence-electron chi connectivity index (χ1n) is 6.53. The van der Waals surface area contributed by atoms with Crippen LogP contribution in [0.4, 0.5) is 0 Å². The maximum absolute atomic E-state index is 12.4. The van der Waals surface area contributed by atoms with E-state index in [1.165, 1.54) is 0 Å². The second-order valence-electron chi connectivity index (χ2n) is 4.73. The lowest BCUT2D eigenvalue weighted by Gasteiger charge is -2.15. The first kappa shape index (κ1) is 14.9. The van der Waals surface area contributed by atoms with E-state index in [4.69, 9.17) is 0 Å². The van der Waals surface area contributed by atoms with Crippen LogP contribution in [0.15, 0.2) is 28.7 Å². The molecule has 1 heterocycles. The van der Waals surface area contributed by atoms with Gasteiger partial charge in [0.1, 0.15) is 0 Å². The Morgan fingerprint density at radius 1 is 1.45 bits per heavy atom. The van der Waals surface area contributed by atoms with Gasteiger partial charge >= 0.3 is 0 Å². The van der Waals surface area contributed by atoms with Gasteiger partial charge in [-0.05, 0) is 37.6 Å². The molecule has 4 nitrogen and oxygen atoms in total. The van der Waals surface area contributed by atoms with Crippen molar-refractivity contribution in [3.8, 4) is 0 Å². The SMILES string of the molecule is CCC(CO)NC(=O)c1cc(C)nc2ccc(Br)cc12. The van der Waals surface area contributed by atoms with Crippen LogP contribution in [0.5, 0.6) is 0 Å². The molecule has 1 unspecified atom stereocenters. The number of nitrogens with one attached hydrogen (secondary N) is 1. The third-order valence-corrected chi connectivity index (χ3v) is 3.69. The van der Waals surface area contributed by atoms with Crippen LogP contribution >= 0.6 is 15.9 Å². The monoisotopic (exact) mass is 336 g/mol. The maximum atomic E-state index is 12.4. The Kier molecular flexibility index (Phi) is 4.73. The molecule has 1 aromatic carbocycles. The molecular formula is C15H17BrN2O2. The molecule has 0 fully saturated rings. The molecule has 0 saturated carbocycles. The van der Waals surface area contributed by atoms with Gasteiger partial charge in [0, 0.05) is 15.6 Å². The molecule has 1 amide bonds. The van der Waals surface area contributed by atoms with Crippen molar-refractivity contribution < 1.29 is 9.90 Å². The molecule has 1 aromatic heterocycles. The van der Waals surface area contributed by atoms with Gasteiger partial charge in [0.05, 0.1) is 23.7 Å². The van der Waals surface area contributed by atoms with E-state index in [9.17, 15) is 9.90 Å². The van der Waals surface area contributed by atoms with Crippen molar-refractivity contribution in [3.05, 3.63) is 40.0 Å². The first-order chi connectivity index (χ1) is 9.55. The van der Waals surface area contributed by atoms with Crippen molar-refractivity contribution in [2.45, 2.75) is 26.3 Å². The van der Waals surface area contributed by atoms with Gasteiger partial charge in [-0.25, -0.2) is 0 Å². The quantitative estimate of drug-likeness (QED) is 0.902. The molecule has 0 aliphatic heterocycles. The number of aromatic nitrogens is 1. The number of amides is 1. The summed E-state index contributed by atoms with van der Waals surface area (Å²) in [6.45, 7) is 3.73. The number of aliphatic hydroxyl groups is 1. The van der Waals surface area contributed by atoms with Gasteiger partial charge in [-0.1, -0.05) is 22.9 Å². The molecule has 0 bridgehead atoms. The van der Waals surface area contributed by atoms with Crippen LogP contribution in [0.1, 0.15) is 29.4 Å². The Labute approximate surface area is 126 Å². The van der Waals surface area contributed by atoms with Crippen molar-refractivity contribution in [3.63, 3.8) is 0 Å². The van der Waals surface area contributed by atoms with E-state index in [2.05, 4.69) is 26.2 Å². The molecule has 0 radical (unpaired) electrons. The topological polar surface area (TPSA) is 62.2 Å². The second kappa shape index (κ2) is 6.33. The highest BCUT2D eigenvalue weighted by Gasteiger charge is 2.15. The summed E-state index contributed by atoms with van der Waals surface area (Å²) in [4.78, 5) is 16.8. The van der Waals surface area contributed by atoms with Gasteiger partial charge < -0.3 is 10.4 Å². The van der Waals surface area contributed by atoms with E-state index < -0.39 is 0 Å². The average molecular weight is 337 g/mol. The molecule has 106 valence electrons. The van der Waals surface area contributed by atoms with E-state index >= 15 is 0 Å². The normalized spacial score (nSPS) is 12.4. The summed E-state index contributed by atoms with van der Waals surface area (Å²) in [6.07, 6.45) is 0.688. The summed E-state index contributed by atoms with van der Waals surface area (Å²) in [5.41, 5.74) is 2.16. The lowest BCUT2D eigenvalue weighted by molar-refractivity contribution is 0.0916. The Hall–Kier alpha value is -1.46. The van der Waals surface area contributed by atoms with Gasteiger partial charge in [0.25, 0.3) is 5.91 Å². The summed E-state index contributed by atoms with van der Waals surface area (Å²) in [5.74, 6) is -0.181. The standard InChI is InChI=1S/C15H17BrN2O2/c1-3-11(8-19)18-15(20)13-6-9(2)17-14-5-4-10(16)7-12(13)14/h4-7,11,19H,3,8H2,1-2H3,(H,18,20). The van der Waals surface area contributed by atoms with Crippen LogP contribution < -0.4 is 5.32 Å². The lowest BCUT2D eigenvalue weighted by atomic mass is 10.1. The van der Waals surface area contributed by atoms with Crippen molar-refractivity contribution in [2.24, 2.45) is 0 Å². The van der Waals surface area contributed by atoms with Crippen LogP contribution in [0.25, 0.3) is 10.9 Å². The Bertz CT molecular complexity index is 639. The van der Waals surface area contributed by atoms with E-state index in [0.29, 0.717) is 12.0 Å². The summed E-state index contributed by atoms with van der Waals surface area (Å²) >= 11 is 3.41. The van der Waals surface area contributed by atoms with Gasteiger partial charge in [-0.2, -0.15) is 0 Å². The molecule has 2 aromatic rings.